The molecule has 4 rings (SSSR count). The second-order valence-electron chi connectivity index (χ2n) is 9.41. The Morgan fingerprint density at radius 1 is 0.806 bits per heavy atom. The number of nitrogens with one attached hydrogen (secondary N) is 1. The summed E-state index contributed by atoms with van der Waals surface area (Å²) in [4.78, 5) is 24.7. The lowest BCUT2D eigenvalue weighted by Crippen LogP contribution is -2.46. The van der Waals surface area contributed by atoms with E-state index >= 15 is 0 Å². The molecule has 1 aliphatic rings. The second-order valence-corrected chi connectivity index (χ2v) is 9.41. The molecule has 0 unspecified atom stereocenters. The van der Waals surface area contributed by atoms with Crippen LogP contribution >= 0.6 is 0 Å². The number of nitrogens with two attached hydrogens (primary N) is 1. The summed E-state index contributed by atoms with van der Waals surface area (Å²) in [5, 5.41) is 2.84. The third kappa shape index (κ3) is 7.60. The SMILES string of the molecule is NC(=O)[C@H](Cc1ccc(OCc2ccccc2)c(OCc2ccccc2)c1)NC(=O)CC1CCCC1. The number of ether oxygens (including phenoxy) is 2. The van der Waals surface area contributed by atoms with E-state index in [2.05, 4.69) is 5.32 Å². The molecule has 188 valence electrons. The number of hydrogen-bond acceptors (Lipinski definition) is 4. The first kappa shape index (κ1) is 25.3. The predicted molar refractivity (Wildman–Crippen MR) is 139 cm³/mol. The van der Waals surface area contributed by atoms with Gasteiger partial charge in [-0.25, -0.2) is 0 Å². The summed E-state index contributed by atoms with van der Waals surface area (Å²) in [7, 11) is 0. The molecule has 0 radical (unpaired) electrons. The molecule has 0 saturated heterocycles. The molecule has 3 aromatic rings. The number of hydrogen-bond donors (Lipinski definition) is 2. The average Bonchev–Trinajstić information content (AvgIpc) is 3.40. The molecular formula is C30H34N2O4. The maximum Gasteiger partial charge on any atom is 0.240 e. The molecule has 3 N–H and O–H groups in total. The normalized spacial score (nSPS) is 14.2. The number of carbonyl (C=O) groups excluding carboxylic acids is 2. The highest BCUT2D eigenvalue weighted by Crippen LogP contribution is 2.31. The summed E-state index contributed by atoms with van der Waals surface area (Å²) in [5.41, 5.74) is 8.56. The Bertz CT molecular complexity index is 1130. The lowest BCUT2D eigenvalue weighted by molar-refractivity contribution is -0.127. The van der Waals surface area contributed by atoms with Crippen LogP contribution in [0.1, 0.15) is 48.8 Å². The minimum Gasteiger partial charge on any atom is -0.485 e. The van der Waals surface area contributed by atoms with Crippen molar-refractivity contribution in [1.29, 1.82) is 0 Å². The predicted octanol–water partition coefficient (Wildman–Crippen LogP) is 4.94. The first-order valence-electron chi connectivity index (χ1n) is 12.6. The van der Waals surface area contributed by atoms with Gasteiger partial charge in [0.1, 0.15) is 19.3 Å². The summed E-state index contributed by atoms with van der Waals surface area (Å²) in [6, 6.07) is 24.6. The standard InChI is InChI=1S/C30H34N2O4/c31-30(34)26(32-29(33)19-22-9-7-8-10-22)17-25-15-16-27(35-20-23-11-3-1-4-12-23)28(18-25)36-21-24-13-5-2-6-14-24/h1-6,11-16,18,22,26H,7-10,17,19-21H2,(H2,31,34)(H,32,33)/t26-/m0/s1. The molecule has 0 aliphatic heterocycles. The van der Waals surface area contributed by atoms with Crippen molar-refractivity contribution < 1.29 is 19.1 Å². The van der Waals surface area contributed by atoms with E-state index in [1.807, 2.05) is 78.9 Å². The number of amides is 2. The molecule has 1 saturated carbocycles. The van der Waals surface area contributed by atoms with Crippen LogP contribution in [0.4, 0.5) is 0 Å². The summed E-state index contributed by atoms with van der Waals surface area (Å²) in [5.74, 6) is 0.921. The highest BCUT2D eigenvalue weighted by molar-refractivity contribution is 5.86. The Hall–Kier alpha value is -3.80. The maximum atomic E-state index is 12.5. The van der Waals surface area contributed by atoms with Crippen molar-refractivity contribution >= 4 is 11.8 Å². The van der Waals surface area contributed by atoms with E-state index in [1.54, 1.807) is 0 Å². The second kappa shape index (κ2) is 12.8. The Balaban J connectivity index is 1.46. The van der Waals surface area contributed by atoms with Gasteiger partial charge in [-0.1, -0.05) is 79.6 Å². The molecule has 0 aromatic heterocycles. The van der Waals surface area contributed by atoms with Crippen molar-refractivity contribution in [2.45, 2.75) is 57.8 Å². The number of rotatable bonds is 12. The number of benzene rings is 3. The smallest absolute Gasteiger partial charge is 0.240 e. The van der Waals surface area contributed by atoms with Crippen LogP contribution in [-0.4, -0.2) is 17.9 Å². The molecule has 3 aromatic carbocycles. The number of carbonyl (C=O) groups is 2. The molecular weight excluding hydrogens is 452 g/mol. The molecule has 1 aliphatic carbocycles. The van der Waals surface area contributed by atoms with Crippen LogP contribution in [0.25, 0.3) is 0 Å². The molecule has 0 heterocycles. The van der Waals surface area contributed by atoms with E-state index in [9.17, 15) is 9.59 Å². The minimum atomic E-state index is -0.781. The fraction of sp³-hybridized carbons (Fsp3) is 0.333. The van der Waals surface area contributed by atoms with E-state index in [1.165, 1.54) is 12.8 Å². The Morgan fingerprint density at radius 3 is 1.97 bits per heavy atom. The molecule has 0 spiro atoms. The summed E-state index contributed by atoms with van der Waals surface area (Å²) in [6.45, 7) is 0.784. The molecule has 1 atom stereocenters. The zero-order valence-electron chi connectivity index (χ0n) is 20.5. The van der Waals surface area contributed by atoms with Gasteiger partial charge in [0.2, 0.25) is 11.8 Å². The summed E-state index contributed by atoms with van der Waals surface area (Å²) in [6.07, 6.45) is 5.21. The van der Waals surface area contributed by atoms with Crippen LogP contribution in [0, 0.1) is 5.92 Å². The lowest BCUT2D eigenvalue weighted by Gasteiger charge is -2.19. The van der Waals surface area contributed by atoms with Crippen LogP contribution in [0.2, 0.25) is 0 Å². The summed E-state index contributed by atoms with van der Waals surface area (Å²) < 4.78 is 12.2. The Morgan fingerprint density at radius 2 is 1.39 bits per heavy atom. The topological polar surface area (TPSA) is 90.7 Å². The molecule has 6 heteroatoms. The van der Waals surface area contributed by atoms with Crippen LogP contribution in [-0.2, 0) is 29.2 Å². The van der Waals surface area contributed by atoms with Gasteiger partial charge < -0.3 is 20.5 Å². The molecule has 1 fully saturated rings. The molecule has 0 bridgehead atoms. The van der Waals surface area contributed by atoms with Crippen LogP contribution in [0.5, 0.6) is 11.5 Å². The third-order valence-electron chi connectivity index (χ3n) is 6.55. The van der Waals surface area contributed by atoms with Crippen molar-refractivity contribution in [1.82, 2.24) is 5.32 Å². The first-order chi connectivity index (χ1) is 17.6. The minimum absolute atomic E-state index is 0.117. The molecule has 2 amide bonds. The highest BCUT2D eigenvalue weighted by Gasteiger charge is 2.23. The molecule has 6 nitrogen and oxygen atoms in total. The molecule has 36 heavy (non-hydrogen) atoms. The van der Waals surface area contributed by atoms with Gasteiger partial charge in [-0.3, -0.25) is 9.59 Å². The van der Waals surface area contributed by atoms with Gasteiger partial charge in [0.25, 0.3) is 0 Å². The van der Waals surface area contributed by atoms with Gasteiger partial charge in [-0.15, -0.1) is 0 Å². The van der Waals surface area contributed by atoms with Gasteiger partial charge in [0.05, 0.1) is 0 Å². The van der Waals surface area contributed by atoms with Crippen molar-refractivity contribution in [3.05, 3.63) is 95.6 Å². The summed E-state index contributed by atoms with van der Waals surface area (Å²) >= 11 is 0. The van der Waals surface area contributed by atoms with Gasteiger partial charge in [0.15, 0.2) is 11.5 Å². The van der Waals surface area contributed by atoms with E-state index in [0.717, 1.165) is 29.5 Å². The van der Waals surface area contributed by atoms with Gasteiger partial charge in [-0.05, 0) is 47.6 Å². The third-order valence-corrected chi connectivity index (χ3v) is 6.55. The maximum absolute atomic E-state index is 12.5. The zero-order valence-corrected chi connectivity index (χ0v) is 20.5. The highest BCUT2D eigenvalue weighted by atomic mass is 16.5. The average molecular weight is 487 g/mol. The quantitative estimate of drug-likeness (QED) is 0.380. The van der Waals surface area contributed by atoms with E-state index in [0.29, 0.717) is 37.1 Å². The Labute approximate surface area is 212 Å². The van der Waals surface area contributed by atoms with Gasteiger partial charge >= 0.3 is 0 Å². The van der Waals surface area contributed by atoms with Gasteiger partial charge in [-0.2, -0.15) is 0 Å². The van der Waals surface area contributed by atoms with Crippen molar-refractivity contribution in [2.24, 2.45) is 11.7 Å². The van der Waals surface area contributed by atoms with E-state index < -0.39 is 11.9 Å². The first-order valence-corrected chi connectivity index (χ1v) is 12.6. The largest absolute Gasteiger partial charge is 0.485 e. The lowest BCUT2D eigenvalue weighted by atomic mass is 10.0. The van der Waals surface area contributed by atoms with Crippen molar-refractivity contribution in [2.75, 3.05) is 0 Å². The van der Waals surface area contributed by atoms with E-state index in [4.69, 9.17) is 15.2 Å². The van der Waals surface area contributed by atoms with E-state index in [-0.39, 0.29) is 12.3 Å². The number of primary amides is 1. The van der Waals surface area contributed by atoms with Crippen molar-refractivity contribution in [3.63, 3.8) is 0 Å². The van der Waals surface area contributed by atoms with Crippen LogP contribution in [0.3, 0.4) is 0 Å². The van der Waals surface area contributed by atoms with Gasteiger partial charge in [0, 0.05) is 12.8 Å². The Kier molecular flexibility index (Phi) is 8.98. The fourth-order valence-corrected chi connectivity index (χ4v) is 4.57. The van der Waals surface area contributed by atoms with Crippen LogP contribution < -0.4 is 20.5 Å². The fourth-order valence-electron chi connectivity index (χ4n) is 4.57. The monoisotopic (exact) mass is 486 g/mol. The van der Waals surface area contributed by atoms with Crippen molar-refractivity contribution in [3.8, 4) is 11.5 Å². The zero-order chi connectivity index (χ0) is 25.2. The van der Waals surface area contributed by atoms with Crippen LogP contribution in [0.15, 0.2) is 78.9 Å².